The molecule has 0 aliphatic heterocycles. The third-order valence-electron chi connectivity index (χ3n) is 1.26. The van der Waals surface area contributed by atoms with Gasteiger partial charge in [0, 0.05) is 13.2 Å². The van der Waals surface area contributed by atoms with Gasteiger partial charge in [-0.15, -0.1) is 0 Å². The minimum absolute atomic E-state index is 0.169. The van der Waals surface area contributed by atoms with Gasteiger partial charge in [-0.3, -0.25) is 0 Å². The molecule has 0 bridgehead atoms. The molecule has 0 atom stereocenters. The monoisotopic (exact) mass is 184 g/mol. The fourth-order valence-corrected chi connectivity index (χ4v) is 0.657. The normalized spacial score (nSPS) is 8.77. The molecule has 2 N–H and O–H groups in total. The van der Waals surface area contributed by atoms with Gasteiger partial charge in [-0.2, -0.15) is 0 Å². The molecule has 0 saturated carbocycles. The Morgan fingerprint density at radius 2 is 1.23 bits per heavy atom. The summed E-state index contributed by atoms with van der Waals surface area (Å²) in [5.74, 6) is 0.339. The largest absolute Gasteiger partial charge is 0.508 e. The molecule has 1 aromatic rings. The summed E-state index contributed by atoms with van der Waals surface area (Å²) >= 11 is 0. The summed E-state index contributed by atoms with van der Waals surface area (Å²) in [5, 5.41) is 17.3. The Hall–Kier alpha value is -1.22. The Bertz CT molecular complexity index is 183. The van der Waals surface area contributed by atoms with Gasteiger partial charge >= 0.3 is 0 Å². The van der Waals surface area contributed by atoms with E-state index in [4.69, 9.17) is 14.9 Å². The highest BCUT2D eigenvalue weighted by Gasteiger charge is 1.84. The summed E-state index contributed by atoms with van der Waals surface area (Å²) in [5.41, 5.74) is 0. The van der Waals surface area contributed by atoms with E-state index in [0.717, 1.165) is 13.2 Å². The zero-order valence-electron chi connectivity index (χ0n) is 8.03. The molecule has 0 radical (unpaired) electrons. The van der Waals surface area contributed by atoms with Crippen LogP contribution in [-0.2, 0) is 4.74 Å². The van der Waals surface area contributed by atoms with Crippen LogP contribution in [0.25, 0.3) is 0 Å². The SMILES string of the molecule is CCOCC.Oc1ccc(O)cc1. The molecule has 0 aromatic heterocycles. The number of hydrogen-bond donors (Lipinski definition) is 2. The van der Waals surface area contributed by atoms with Crippen molar-refractivity contribution in [3.05, 3.63) is 24.3 Å². The molecule has 0 aliphatic carbocycles. The molecular formula is C10H16O3. The van der Waals surface area contributed by atoms with Gasteiger partial charge in [0.25, 0.3) is 0 Å². The summed E-state index contributed by atoms with van der Waals surface area (Å²) in [6.45, 7) is 5.67. The lowest BCUT2D eigenvalue weighted by atomic mass is 10.3. The van der Waals surface area contributed by atoms with Crippen LogP contribution in [0.15, 0.2) is 24.3 Å². The molecule has 0 unspecified atom stereocenters. The topological polar surface area (TPSA) is 49.7 Å². The van der Waals surface area contributed by atoms with Crippen LogP contribution >= 0.6 is 0 Å². The maximum atomic E-state index is 8.65. The maximum Gasteiger partial charge on any atom is 0.115 e. The smallest absolute Gasteiger partial charge is 0.115 e. The van der Waals surface area contributed by atoms with Crippen LogP contribution in [0.3, 0.4) is 0 Å². The second-order valence-electron chi connectivity index (χ2n) is 2.30. The van der Waals surface area contributed by atoms with Gasteiger partial charge in [0.15, 0.2) is 0 Å². The number of ether oxygens (including phenoxy) is 1. The number of benzene rings is 1. The van der Waals surface area contributed by atoms with Crippen molar-refractivity contribution in [3.63, 3.8) is 0 Å². The molecule has 0 fully saturated rings. The molecule has 0 spiro atoms. The number of aromatic hydroxyl groups is 2. The zero-order chi connectivity index (χ0) is 10.1. The summed E-state index contributed by atoms with van der Waals surface area (Å²) in [7, 11) is 0. The Balaban J connectivity index is 0.000000252. The molecule has 0 amide bonds. The van der Waals surface area contributed by atoms with E-state index in [2.05, 4.69) is 0 Å². The van der Waals surface area contributed by atoms with Gasteiger partial charge in [-0.05, 0) is 38.1 Å². The fourth-order valence-electron chi connectivity index (χ4n) is 0.657. The summed E-state index contributed by atoms with van der Waals surface area (Å²) < 4.78 is 4.83. The fraction of sp³-hybridized carbons (Fsp3) is 0.400. The first-order valence-corrected chi connectivity index (χ1v) is 4.26. The van der Waals surface area contributed by atoms with E-state index < -0.39 is 0 Å². The van der Waals surface area contributed by atoms with Gasteiger partial charge < -0.3 is 14.9 Å². The van der Waals surface area contributed by atoms with Gasteiger partial charge in [0.1, 0.15) is 11.5 Å². The predicted molar refractivity (Wildman–Crippen MR) is 51.9 cm³/mol. The zero-order valence-corrected chi connectivity index (χ0v) is 8.03. The van der Waals surface area contributed by atoms with Crippen molar-refractivity contribution in [1.29, 1.82) is 0 Å². The van der Waals surface area contributed by atoms with Crippen LogP contribution in [0.1, 0.15) is 13.8 Å². The van der Waals surface area contributed by atoms with Crippen molar-refractivity contribution in [3.8, 4) is 11.5 Å². The highest BCUT2D eigenvalue weighted by Crippen LogP contribution is 2.13. The number of phenolic OH excluding ortho intramolecular Hbond substituents is 2. The van der Waals surface area contributed by atoms with Crippen LogP contribution in [0.5, 0.6) is 11.5 Å². The minimum Gasteiger partial charge on any atom is -0.508 e. The Labute approximate surface area is 78.6 Å². The first-order chi connectivity index (χ1) is 6.20. The Morgan fingerprint density at radius 3 is 1.38 bits per heavy atom. The van der Waals surface area contributed by atoms with Crippen molar-refractivity contribution in [2.45, 2.75) is 13.8 Å². The maximum absolute atomic E-state index is 8.65. The van der Waals surface area contributed by atoms with Crippen molar-refractivity contribution in [2.75, 3.05) is 13.2 Å². The van der Waals surface area contributed by atoms with Crippen LogP contribution in [0.4, 0.5) is 0 Å². The first kappa shape index (κ1) is 11.8. The average molecular weight is 184 g/mol. The summed E-state index contributed by atoms with van der Waals surface area (Å²) in [4.78, 5) is 0. The number of hydrogen-bond acceptors (Lipinski definition) is 3. The van der Waals surface area contributed by atoms with Crippen LogP contribution < -0.4 is 0 Å². The second-order valence-corrected chi connectivity index (χ2v) is 2.30. The predicted octanol–water partition coefficient (Wildman–Crippen LogP) is 2.14. The molecule has 0 saturated heterocycles. The van der Waals surface area contributed by atoms with E-state index in [-0.39, 0.29) is 11.5 Å². The molecular weight excluding hydrogens is 168 g/mol. The van der Waals surface area contributed by atoms with E-state index in [0.29, 0.717) is 0 Å². The second kappa shape index (κ2) is 7.43. The molecule has 0 heterocycles. The van der Waals surface area contributed by atoms with Gasteiger partial charge in [-0.25, -0.2) is 0 Å². The van der Waals surface area contributed by atoms with Crippen molar-refractivity contribution in [1.82, 2.24) is 0 Å². The molecule has 0 aliphatic rings. The van der Waals surface area contributed by atoms with E-state index >= 15 is 0 Å². The molecule has 13 heavy (non-hydrogen) atoms. The molecule has 1 aromatic carbocycles. The Morgan fingerprint density at radius 1 is 0.923 bits per heavy atom. The van der Waals surface area contributed by atoms with Crippen molar-refractivity contribution >= 4 is 0 Å². The van der Waals surface area contributed by atoms with Crippen LogP contribution in [0.2, 0.25) is 0 Å². The summed E-state index contributed by atoms with van der Waals surface area (Å²) in [6.07, 6.45) is 0. The van der Waals surface area contributed by atoms with E-state index in [1.165, 1.54) is 24.3 Å². The third kappa shape index (κ3) is 7.15. The third-order valence-corrected chi connectivity index (χ3v) is 1.26. The number of rotatable bonds is 2. The molecule has 74 valence electrons. The van der Waals surface area contributed by atoms with E-state index in [9.17, 15) is 0 Å². The lowest BCUT2D eigenvalue weighted by molar-refractivity contribution is 0.162. The first-order valence-electron chi connectivity index (χ1n) is 4.26. The van der Waals surface area contributed by atoms with Gasteiger partial charge in [0.05, 0.1) is 0 Å². The quantitative estimate of drug-likeness (QED) is 0.692. The van der Waals surface area contributed by atoms with Crippen LogP contribution in [-0.4, -0.2) is 23.4 Å². The lowest BCUT2D eigenvalue weighted by Gasteiger charge is -1.88. The van der Waals surface area contributed by atoms with Gasteiger partial charge in [0.2, 0.25) is 0 Å². The highest BCUT2D eigenvalue weighted by atomic mass is 16.5. The van der Waals surface area contributed by atoms with Crippen molar-refractivity contribution < 1.29 is 14.9 Å². The van der Waals surface area contributed by atoms with E-state index in [1.807, 2.05) is 13.8 Å². The minimum atomic E-state index is 0.169. The highest BCUT2D eigenvalue weighted by molar-refractivity contribution is 5.28. The Kier molecular flexibility index (Phi) is 6.73. The average Bonchev–Trinajstić information content (AvgIpc) is 2.13. The number of phenols is 2. The summed E-state index contributed by atoms with van der Waals surface area (Å²) in [6, 6.07) is 5.70. The standard InChI is InChI=1S/C6H6O2.C4H10O/c7-5-1-2-6(8)4-3-5;1-3-5-4-2/h1-4,7-8H;3-4H2,1-2H3. The van der Waals surface area contributed by atoms with E-state index in [1.54, 1.807) is 0 Å². The molecule has 1 rings (SSSR count). The van der Waals surface area contributed by atoms with Crippen LogP contribution in [0, 0.1) is 0 Å². The lowest BCUT2D eigenvalue weighted by Crippen LogP contribution is -1.84. The van der Waals surface area contributed by atoms with Crippen molar-refractivity contribution in [2.24, 2.45) is 0 Å². The molecule has 3 nitrogen and oxygen atoms in total. The molecule has 3 heteroatoms. The van der Waals surface area contributed by atoms with Gasteiger partial charge in [-0.1, -0.05) is 0 Å².